The number of aromatic nitrogens is 1. The highest BCUT2D eigenvalue weighted by Gasteiger charge is 2.26. The fraction of sp³-hybridized carbons (Fsp3) is 0.750. The van der Waals surface area contributed by atoms with Gasteiger partial charge in [-0.25, -0.2) is 4.98 Å². The molecule has 0 spiro atoms. The van der Waals surface area contributed by atoms with Gasteiger partial charge in [-0.1, -0.05) is 6.42 Å². The highest BCUT2D eigenvalue weighted by atomic mass is 16.3. The lowest BCUT2D eigenvalue weighted by molar-refractivity contribution is 0.227. The van der Waals surface area contributed by atoms with Crippen LogP contribution in [0.4, 0.5) is 0 Å². The van der Waals surface area contributed by atoms with E-state index in [1.165, 1.54) is 25.0 Å². The molecule has 2 heterocycles. The lowest BCUT2D eigenvalue weighted by atomic mass is 9.83. The molecule has 1 aliphatic carbocycles. The second-order valence-corrected chi connectivity index (χ2v) is 4.82. The number of rotatable bonds is 3. The van der Waals surface area contributed by atoms with Gasteiger partial charge in [-0.3, -0.25) is 4.90 Å². The first-order chi connectivity index (χ1) is 7.93. The molecule has 4 nitrogen and oxygen atoms in total. The van der Waals surface area contributed by atoms with E-state index in [2.05, 4.69) is 15.2 Å². The quantitative estimate of drug-likeness (QED) is 0.836. The minimum atomic E-state index is 0.653. The third kappa shape index (κ3) is 1.99. The van der Waals surface area contributed by atoms with Gasteiger partial charge in [-0.05, 0) is 12.8 Å². The van der Waals surface area contributed by atoms with Crippen LogP contribution in [0.25, 0.3) is 0 Å². The third-order valence-electron chi connectivity index (χ3n) is 3.73. The highest BCUT2D eigenvalue weighted by molar-refractivity contribution is 5.15. The number of nitrogens with zero attached hydrogens (tertiary/aromatic N) is 2. The molecule has 0 amide bonds. The minimum Gasteiger partial charge on any atom is -0.448 e. The molecule has 2 aliphatic rings. The van der Waals surface area contributed by atoms with Crippen molar-refractivity contribution >= 4 is 0 Å². The van der Waals surface area contributed by atoms with E-state index >= 15 is 0 Å². The Morgan fingerprint density at radius 1 is 1.38 bits per heavy atom. The van der Waals surface area contributed by atoms with Crippen LogP contribution < -0.4 is 5.32 Å². The molecular weight excluding hydrogens is 202 g/mol. The van der Waals surface area contributed by atoms with Gasteiger partial charge in [0, 0.05) is 38.6 Å². The van der Waals surface area contributed by atoms with Gasteiger partial charge in [0.15, 0.2) is 6.39 Å². The Morgan fingerprint density at radius 3 is 2.88 bits per heavy atom. The second kappa shape index (κ2) is 4.55. The van der Waals surface area contributed by atoms with E-state index < -0.39 is 0 Å². The largest absolute Gasteiger partial charge is 0.448 e. The molecule has 88 valence electrons. The Hall–Kier alpha value is -0.870. The van der Waals surface area contributed by atoms with Gasteiger partial charge >= 0.3 is 0 Å². The molecule has 0 atom stereocenters. The van der Waals surface area contributed by atoms with E-state index in [4.69, 9.17) is 4.42 Å². The summed E-state index contributed by atoms with van der Waals surface area (Å²) in [4.78, 5) is 6.84. The summed E-state index contributed by atoms with van der Waals surface area (Å²) in [5, 5.41) is 3.37. The SMILES string of the molecule is c1nc(CN2CCNCC2)c(C2CCC2)o1. The first kappa shape index (κ1) is 10.3. The molecule has 1 N–H and O–H groups in total. The fourth-order valence-electron chi connectivity index (χ4n) is 2.48. The number of nitrogens with one attached hydrogen (secondary N) is 1. The van der Waals surface area contributed by atoms with Crippen molar-refractivity contribution in [3.63, 3.8) is 0 Å². The van der Waals surface area contributed by atoms with Crippen molar-refractivity contribution in [1.29, 1.82) is 0 Å². The molecule has 0 aromatic carbocycles. The van der Waals surface area contributed by atoms with E-state index in [1.807, 2.05) is 0 Å². The summed E-state index contributed by atoms with van der Waals surface area (Å²) >= 11 is 0. The molecule has 1 aromatic rings. The van der Waals surface area contributed by atoms with Gasteiger partial charge in [0.1, 0.15) is 5.76 Å². The lowest BCUT2D eigenvalue weighted by Gasteiger charge is -2.28. The first-order valence-electron chi connectivity index (χ1n) is 6.29. The summed E-state index contributed by atoms with van der Waals surface area (Å²) in [6.07, 6.45) is 5.52. The van der Waals surface area contributed by atoms with E-state index in [0.717, 1.165) is 38.5 Å². The maximum atomic E-state index is 5.56. The highest BCUT2D eigenvalue weighted by Crippen LogP contribution is 2.37. The smallest absolute Gasteiger partial charge is 0.181 e. The lowest BCUT2D eigenvalue weighted by Crippen LogP contribution is -2.43. The van der Waals surface area contributed by atoms with Crippen LogP contribution in [0.5, 0.6) is 0 Å². The zero-order valence-electron chi connectivity index (χ0n) is 9.61. The Labute approximate surface area is 96.0 Å². The molecule has 1 aromatic heterocycles. The zero-order chi connectivity index (χ0) is 10.8. The molecule has 16 heavy (non-hydrogen) atoms. The normalized spacial score (nSPS) is 23.2. The number of hydrogen-bond acceptors (Lipinski definition) is 4. The number of hydrogen-bond donors (Lipinski definition) is 1. The standard InChI is InChI=1S/C12H19N3O/c1-2-10(3-1)12-11(14-9-16-12)8-15-6-4-13-5-7-15/h9-10,13H,1-8H2. The van der Waals surface area contributed by atoms with Crippen molar-refractivity contribution in [2.75, 3.05) is 26.2 Å². The molecule has 1 saturated heterocycles. The van der Waals surface area contributed by atoms with Crippen LogP contribution >= 0.6 is 0 Å². The maximum Gasteiger partial charge on any atom is 0.181 e. The van der Waals surface area contributed by atoms with E-state index in [1.54, 1.807) is 6.39 Å². The van der Waals surface area contributed by atoms with Crippen LogP contribution in [0.15, 0.2) is 10.8 Å². The van der Waals surface area contributed by atoms with Crippen molar-refractivity contribution in [3.8, 4) is 0 Å². The van der Waals surface area contributed by atoms with Crippen LogP contribution in [-0.2, 0) is 6.54 Å². The van der Waals surface area contributed by atoms with Crippen LogP contribution in [-0.4, -0.2) is 36.1 Å². The summed E-state index contributed by atoms with van der Waals surface area (Å²) in [7, 11) is 0. The molecule has 1 saturated carbocycles. The molecule has 0 radical (unpaired) electrons. The zero-order valence-corrected chi connectivity index (χ0v) is 9.61. The van der Waals surface area contributed by atoms with Crippen LogP contribution in [0.3, 0.4) is 0 Å². The topological polar surface area (TPSA) is 41.3 Å². The van der Waals surface area contributed by atoms with Crippen molar-refractivity contribution < 1.29 is 4.42 Å². The Bertz CT molecular complexity index is 340. The molecule has 4 heteroatoms. The van der Waals surface area contributed by atoms with Crippen molar-refractivity contribution in [2.45, 2.75) is 31.7 Å². The van der Waals surface area contributed by atoms with Gasteiger partial charge in [0.25, 0.3) is 0 Å². The molecular formula is C12H19N3O. The Kier molecular flexibility index (Phi) is 2.93. The van der Waals surface area contributed by atoms with Crippen molar-refractivity contribution in [1.82, 2.24) is 15.2 Å². The number of oxazole rings is 1. The van der Waals surface area contributed by atoms with Gasteiger partial charge in [0.2, 0.25) is 0 Å². The van der Waals surface area contributed by atoms with Crippen molar-refractivity contribution in [2.24, 2.45) is 0 Å². The molecule has 3 rings (SSSR count). The van der Waals surface area contributed by atoms with Gasteiger partial charge in [-0.15, -0.1) is 0 Å². The van der Waals surface area contributed by atoms with Gasteiger partial charge < -0.3 is 9.73 Å². The summed E-state index contributed by atoms with van der Waals surface area (Å²) in [6, 6.07) is 0. The average molecular weight is 221 g/mol. The fourth-order valence-corrected chi connectivity index (χ4v) is 2.48. The van der Waals surface area contributed by atoms with E-state index in [9.17, 15) is 0 Å². The van der Waals surface area contributed by atoms with E-state index in [0.29, 0.717) is 5.92 Å². The Balaban J connectivity index is 1.66. The van der Waals surface area contributed by atoms with Crippen LogP contribution in [0.2, 0.25) is 0 Å². The van der Waals surface area contributed by atoms with Crippen LogP contribution in [0.1, 0.15) is 36.6 Å². The van der Waals surface area contributed by atoms with Crippen molar-refractivity contribution in [3.05, 3.63) is 17.8 Å². The predicted octanol–water partition coefficient (Wildman–Crippen LogP) is 1.35. The van der Waals surface area contributed by atoms with Gasteiger partial charge in [0.05, 0.1) is 5.69 Å². The summed E-state index contributed by atoms with van der Waals surface area (Å²) in [5.41, 5.74) is 1.17. The number of piperazine rings is 1. The summed E-state index contributed by atoms with van der Waals surface area (Å²) in [5.74, 6) is 1.81. The molecule has 1 aliphatic heterocycles. The Morgan fingerprint density at radius 2 is 2.19 bits per heavy atom. The third-order valence-corrected chi connectivity index (χ3v) is 3.73. The minimum absolute atomic E-state index is 0.653. The molecule has 0 bridgehead atoms. The first-order valence-corrected chi connectivity index (χ1v) is 6.29. The molecule has 2 fully saturated rings. The maximum absolute atomic E-state index is 5.56. The predicted molar refractivity (Wildman–Crippen MR) is 61.2 cm³/mol. The average Bonchev–Trinajstić information content (AvgIpc) is 2.66. The van der Waals surface area contributed by atoms with Crippen LogP contribution in [0, 0.1) is 0 Å². The monoisotopic (exact) mass is 221 g/mol. The van der Waals surface area contributed by atoms with E-state index in [-0.39, 0.29) is 0 Å². The summed E-state index contributed by atoms with van der Waals surface area (Å²) < 4.78 is 5.56. The van der Waals surface area contributed by atoms with Gasteiger partial charge in [-0.2, -0.15) is 0 Å². The summed E-state index contributed by atoms with van der Waals surface area (Å²) in [6.45, 7) is 5.39. The second-order valence-electron chi connectivity index (χ2n) is 4.82. The molecule has 0 unspecified atom stereocenters.